The van der Waals surface area contributed by atoms with Gasteiger partial charge in [0.25, 0.3) is 5.91 Å². The Morgan fingerprint density at radius 2 is 2.35 bits per heavy atom. The summed E-state index contributed by atoms with van der Waals surface area (Å²) in [5.74, 6) is 0.0241. The van der Waals surface area contributed by atoms with Gasteiger partial charge in [0.2, 0.25) is 0 Å². The van der Waals surface area contributed by atoms with Gasteiger partial charge in [0.05, 0.1) is 0 Å². The molecule has 0 saturated carbocycles. The first kappa shape index (κ1) is 13.7. The van der Waals surface area contributed by atoms with E-state index in [2.05, 4.69) is 10.3 Å². The Morgan fingerprint density at radius 1 is 1.65 bits per heavy atom. The number of nitrogens with two attached hydrogens (primary N) is 1. The fraction of sp³-hybridized carbons (Fsp3) is 0.600. The van der Waals surface area contributed by atoms with Crippen LogP contribution in [0.5, 0.6) is 0 Å². The zero-order chi connectivity index (χ0) is 12.8. The number of rotatable bonds is 6. The van der Waals surface area contributed by atoms with Crippen molar-refractivity contribution in [1.29, 1.82) is 0 Å². The number of hydrogen-bond donors (Lipinski definition) is 3. The van der Waals surface area contributed by atoms with Crippen LogP contribution in [0, 0.1) is 0 Å². The Bertz CT molecular complexity index is 380. The molecule has 0 unspecified atom stereocenters. The van der Waals surface area contributed by atoms with Crippen molar-refractivity contribution in [1.82, 2.24) is 10.3 Å². The van der Waals surface area contributed by atoms with Crippen LogP contribution >= 0.6 is 11.3 Å². The number of thiazole rings is 1. The zero-order valence-corrected chi connectivity index (χ0v) is 10.9. The average Bonchev–Trinajstić information content (AvgIpc) is 2.70. The molecule has 1 aromatic heterocycles. The highest BCUT2D eigenvalue weighted by Crippen LogP contribution is 2.26. The predicted octanol–water partition coefficient (Wildman–Crippen LogP) is 0.294. The maximum absolute atomic E-state index is 11.7. The van der Waals surface area contributed by atoms with Crippen LogP contribution in [0.15, 0.2) is 0 Å². The number of nitrogens with one attached hydrogen (secondary N) is 1. The summed E-state index contributed by atoms with van der Waals surface area (Å²) in [7, 11) is 1.89. The lowest BCUT2D eigenvalue weighted by atomic mass is 10.4. The van der Waals surface area contributed by atoms with Gasteiger partial charge in [0.1, 0.15) is 10.7 Å². The molecule has 0 saturated heterocycles. The van der Waals surface area contributed by atoms with Crippen LogP contribution in [-0.4, -0.2) is 42.7 Å². The van der Waals surface area contributed by atoms with E-state index in [1.165, 1.54) is 11.3 Å². The van der Waals surface area contributed by atoms with E-state index in [9.17, 15) is 4.79 Å². The van der Waals surface area contributed by atoms with Gasteiger partial charge in [0.15, 0.2) is 5.13 Å². The number of anilines is 2. The van der Waals surface area contributed by atoms with Crippen molar-refractivity contribution in [2.75, 3.05) is 37.4 Å². The second-order valence-corrected chi connectivity index (χ2v) is 4.54. The molecule has 0 radical (unpaired) electrons. The van der Waals surface area contributed by atoms with Gasteiger partial charge in [-0.2, -0.15) is 0 Å². The van der Waals surface area contributed by atoms with Gasteiger partial charge in [-0.15, -0.1) is 0 Å². The third kappa shape index (κ3) is 3.57. The molecule has 1 amide bonds. The Hall–Kier alpha value is -1.34. The zero-order valence-electron chi connectivity index (χ0n) is 10.1. The summed E-state index contributed by atoms with van der Waals surface area (Å²) < 4.78 is 0. The molecule has 17 heavy (non-hydrogen) atoms. The molecule has 0 spiro atoms. The van der Waals surface area contributed by atoms with Gasteiger partial charge in [-0.3, -0.25) is 4.79 Å². The lowest BCUT2D eigenvalue weighted by molar-refractivity contribution is 0.0956. The fourth-order valence-electron chi connectivity index (χ4n) is 1.14. The molecule has 7 heteroatoms. The molecule has 6 nitrogen and oxygen atoms in total. The first-order chi connectivity index (χ1) is 8.10. The molecule has 0 aliphatic heterocycles. The number of carbonyl (C=O) groups excluding carboxylic acids is 1. The summed E-state index contributed by atoms with van der Waals surface area (Å²) in [5.41, 5.74) is 5.70. The second kappa shape index (κ2) is 6.41. The first-order valence-corrected chi connectivity index (χ1v) is 6.28. The van der Waals surface area contributed by atoms with Gasteiger partial charge in [-0.05, 0) is 13.3 Å². The highest BCUT2D eigenvalue weighted by molar-refractivity contribution is 7.18. The minimum atomic E-state index is -0.232. The molecule has 1 aromatic rings. The van der Waals surface area contributed by atoms with Crippen molar-refractivity contribution in [3.05, 3.63) is 4.88 Å². The minimum Gasteiger partial charge on any atom is -0.396 e. The number of amides is 1. The lowest BCUT2D eigenvalue weighted by Gasteiger charge is -2.10. The Morgan fingerprint density at radius 3 is 2.94 bits per heavy atom. The summed E-state index contributed by atoms with van der Waals surface area (Å²) in [5, 5.41) is 12.0. The standard InChI is InChI=1S/C10H18N4O2S/c1-3-14(2)10-13-8(11)7(17-10)9(16)12-5-4-6-15/h15H,3-6,11H2,1-2H3,(H,12,16). The fourth-order valence-corrected chi connectivity index (χ4v) is 2.07. The van der Waals surface area contributed by atoms with E-state index in [-0.39, 0.29) is 18.3 Å². The molecule has 96 valence electrons. The van der Waals surface area contributed by atoms with Crippen molar-refractivity contribution in [3.63, 3.8) is 0 Å². The third-order valence-corrected chi connectivity index (χ3v) is 3.45. The largest absolute Gasteiger partial charge is 0.396 e. The summed E-state index contributed by atoms with van der Waals surface area (Å²) in [6.07, 6.45) is 0.534. The first-order valence-electron chi connectivity index (χ1n) is 5.46. The minimum absolute atomic E-state index is 0.0578. The molecule has 1 rings (SSSR count). The van der Waals surface area contributed by atoms with Crippen molar-refractivity contribution in [2.45, 2.75) is 13.3 Å². The molecular weight excluding hydrogens is 240 g/mol. The number of aliphatic hydroxyl groups is 1. The SMILES string of the molecule is CCN(C)c1nc(N)c(C(=O)NCCCO)s1. The molecule has 0 fully saturated rings. The highest BCUT2D eigenvalue weighted by atomic mass is 32.1. The van der Waals surface area contributed by atoms with Gasteiger partial charge in [-0.25, -0.2) is 4.98 Å². The summed E-state index contributed by atoms with van der Waals surface area (Å²) in [4.78, 5) is 18.2. The molecule has 0 atom stereocenters. The molecule has 0 aromatic carbocycles. The van der Waals surface area contributed by atoms with Gasteiger partial charge >= 0.3 is 0 Å². The maximum atomic E-state index is 11.7. The second-order valence-electron chi connectivity index (χ2n) is 3.56. The van der Waals surface area contributed by atoms with Crippen LogP contribution in [0.2, 0.25) is 0 Å². The third-order valence-electron chi connectivity index (χ3n) is 2.27. The van der Waals surface area contributed by atoms with Crippen molar-refractivity contribution < 1.29 is 9.90 Å². The molecular formula is C10H18N4O2S. The predicted molar refractivity (Wildman–Crippen MR) is 69.5 cm³/mol. The topological polar surface area (TPSA) is 91.5 Å². The molecule has 0 bridgehead atoms. The Labute approximate surface area is 104 Å². The van der Waals surface area contributed by atoms with Crippen molar-refractivity contribution >= 4 is 28.2 Å². The van der Waals surface area contributed by atoms with Crippen molar-refractivity contribution in [2.24, 2.45) is 0 Å². The molecule has 0 aliphatic rings. The van der Waals surface area contributed by atoms with Crippen LogP contribution in [0.4, 0.5) is 10.9 Å². The smallest absolute Gasteiger partial charge is 0.265 e. The van der Waals surface area contributed by atoms with Gasteiger partial charge < -0.3 is 21.1 Å². The monoisotopic (exact) mass is 258 g/mol. The normalized spacial score (nSPS) is 10.3. The quantitative estimate of drug-likeness (QED) is 0.638. The number of carbonyl (C=O) groups is 1. The lowest BCUT2D eigenvalue weighted by Crippen LogP contribution is -2.24. The molecule has 0 aliphatic carbocycles. The number of aliphatic hydroxyl groups excluding tert-OH is 1. The Balaban J connectivity index is 2.70. The van der Waals surface area contributed by atoms with Gasteiger partial charge in [0, 0.05) is 26.7 Å². The van der Waals surface area contributed by atoms with E-state index >= 15 is 0 Å². The van der Waals surface area contributed by atoms with E-state index < -0.39 is 0 Å². The summed E-state index contributed by atoms with van der Waals surface area (Å²) in [6.45, 7) is 3.30. The van der Waals surface area contributed by atoms with E-state index in [1.807, 2.05) is 18.9 Å². The highest BCUT2D eigenvalue weighted by Gasteiger charge is 2.17. The van der Waals surface area contributed by atoms with Crippen LogP contribution in [0.25, 0.3) is 0 Å². The maximum Gasteiger partial charge on any atom is 0.265 e. The number of nitrogens with zero attached hydrogens (tertiary/aromatic N) is 2. The van der Waals surface area contributed by atoms with Crippen LogP contribution < -0.4 is 16.0 Å². The van der Waals surface area contributed by atoms with Crippen LogP contribution in [0.3, 0.4) is 0 Å². The van der Waals surface area contributed by atoms with E-state index in [1.54, 1.807) is 0 Å². The van der Waals surface area contributed by atoms with Crippen LogP contribution in [-0.2, 0) is 0 Å². The molecule has 1 heterocycles. The average molecular weight is 258 g/mol. The number of aromatic nitrogens is 1. The van der Waals surface area contributed by atoms with E-state index in [0.717, 1.165) is 11.7 Å². The van der Waals surface area contributed by atoms with Gasteiger partial charge in [-0.1, -0.05) is 11.3 Å². The number of hydrogen-bond acceptors (Lipinski definition) is 6. The van der Waals surface area contributed by atoms with E-state index in [4.69, 9.17) is 10.8 Å². The summed E-state index contributed by atoms with van der Waals surface area (Å²) >= 11 is 1.27. The van der Waals surface area contributed by atoms with Crippen LogP contribution in [0.1, 0.15) is 23.0 Å². The number of nitrogen functional groups attached to an aromatic ring is 1. The Kier molecular flexibility index (Phi) is 5.17. The van der Waals surface area contributed by atoms with E-state index in [0.29, 0.717) is 17.8 Å². The summed E-state index contributed by atoms with van der Waals surface area (Å²) in [6, 6.07) is 0. The van der Waals surface area contributed by atoms with Crippen molar-refractivity contribution in [3.8, 4) is 0 Å². The molecule has 4 N–H and O–H groups in total.